The van der Waals surface area contributed by atoms with Crippen LogP contribution in [0, 0.1) is 17.6 Å². The molecule has 4 aromatic rings. The van der Waals surface area contributed by atoms with Gasteiger partial charge in [0.2, 0.25) is 0 Å². The molecule has 5 rings (SSSR count). The van der Waals surface area contributed by atoms with Gasteiger partial charge in [-0.2, -0.15) is 0 Å². The molecular formula is C28H28ClF2N3O2. The van der Waals surface area contributed by atoms with Crippen LogP contribution >= 0.6 is 12.4 Å². The predicted octanol–water partition coefficient (Wildman–Crippen LogP) is 5.15. The van der Waals surface area contributed by atoms with Crippen LogP contribution in [0.1, 0.15) is 28.8 Å². The third-order valence-electron chi connectivity index (χ3n) is 6.91. The zero-order chi connectivity index (χ0) is 24.4. The molecule has 1 aliphatic heterocycles. The van der Waals surface area contributed by atoms with E-state index >= 15 is 0 Å². The van der Waals surface area contributed by atoms with Gasteiger partial charge in [0.05, 0.1) is 17.6 Å². The fourth-order valence-electron chi connectivity index (χ4n) is 4.92. The first-order chi connectivity index (χ1) is 17.0. The van der Waals surface area contributed by atoms with Gasteiger partial charge in [-0.05, 0) is 80.0 Å². The molecule has 0 N–H and O–H groups in total. The fourth-order valence-corrected chi connectivity index (χ4v) is 4.92. The van der Waals surface area contributed by atoms with Crippen molar-refractivity contribution in [3.63, 3.8) is 0 Å². The van der Waals surface area contributed by atoms with E-state index < -0.39 is 0 Å². The van der Waals surface area contributed by atoms with Crippen molar-refractivity contribution < 1.29 is 13.6 Å². The second-order valence-corrected chi connectivity index (χ2v) is 9.12. The van der Waals surface area contributed by atoms with Crippen molar-refractivity contribution in [1.29, 1.82) is 0 Å². The van der Waals surface area contributed by atoms with Crippen LogP contribution in [0.15, 0.2) is 77.6 Å². The maximum atomic E-state index is 13.3. The van der Waals surface area contributed by atoms with Crippen LogP contribution in [0.5, 0.6) is 0 Å². The molecule has 0 unspecified atom stereocenters. The van der Waals surface area contributed by atoms with Gasteiger partial charge in [0.1, 0.15) is 11.6 Å². The molecule has 0 amide bonds. The molecular weight excluding hydrogens is 484 g/mol. The van der Waals surface area contributed by atoms with Crippen LogP contribution < -0.4 is 5.69 Å². The van der Waals surface area contributed by atoms with Crippen molar-refractivity contribution in [2.45, 2.75) is 25.9 Å². The van der Waals surface area contributed by atoms with Crippen LogP contribution in [-0.2, 0) is 13.1 Å². The summed E-state index contributed by atoms with van der Waals surface area (Å²) in [6, 6.07) is 19.7. The normalized spacial score (nSPS) is 14.6. The number of hydrogen-bond acceptors (Lipinski definition) is 3. The molecule has 1 aromatic heterocycles. The average molecular weight is 512 g/mol. The summed E-state index contributed by atoms with van der Waals surface area (Å²) in [7, 11) is 0. The van der Waals surface area contributed by atoms with Crippen molar-refractivity contribution in [2.75, 3.05) is 19.6 Å². The smallest absolute Gasteiger partial charge is 0.302 e. The number of carbonyl (C=O) groups is 1. The molecule has 188 valence electrons. The minimum Gasteiger partial charge on any atom is -0.302 e. The van der Waals surface area contributed by atoms with Gasteiger partial charge in [0, 0.05) is 24.6 Å². The number of piperidine rings is 1. The summed E-state index contributed by atoms with van der Waals surface area (Å²) in [5, 5.41) is 0. The topological polar surface area (TPSA) is 47.2 Å². The fraction of sp³-hybridized carbons (Fsp3) is 0.286. The van der Waals surface area contributed by atoms with Crippen LogP contribution in [0.3, 0.4) is 0 Å². The quantitative estimate of drug-likeness (QED) is 0.323. The first-order valence-electron chi connectivity index (χ1n) is 11.9. The highest BCUT2D eigenvalue weighted by Crippen LogP contribution is 2.22. The summed E-state index contributed by atoms with van der Waals surface area (Å²) >= 11 is 0. The molecule has 0 radical (unpaired) electrons. The lowest BCUT2D eigenvalue weighted by atomic mass is 9.89. The molecule has 36 heavy (non-hydrogen) atoms. The summed E-state index contributed by atoms with van der Waals surface area (Å²) in [6.45, 7) is 3.19. The van der Waals surface area contributed by atoms with E-state index in [1.54, 1.807) is 33.4 Å². The van der Waals surface area contributed by atoms with Crippen molar-refractivity contribution >= 4 is 29.2 Å². The highest BCUT2D eigenvalue weighted by Gasteiger charge is 2.26. The van der Waals surface area contributed by atoms with Gasteiger partial charge >= 0.3 is 5.69 Å². The zero-order valence-electron chi connectivity index (χ0n) is 19.8. The SMILES string of the molecule is Cl.O=C(c1ccc(F)cc1)C1CCN(CCn2c(=O)n(Cc3ccc(F)cc3)c3ccccc32)CC1. The van der Waals surface area contributed by atoms with Gasteiger partial charge in [0.15, 0.2) is 5.78 Å². The highest BCUT2D eigenvalue weighted by atomic mass is 35.5. The molecule has 0 bridgehead atoms. The predicted molar refractivity (Wildman–Crippen MR) is 139 cm³/mol. The van der Waals surface area contributed by atoms with E-state index in [1.165, 1.54) is 24.3 Å². The van der Waals surface area contributed by atoms with Gasteiger partial charge in [-0.1, -0.05) is 24.3 Å². The van der Waals surface area contributed by atoms with Gasteiger partial charge in [0.25, 0.3) is 0 Å². The number of nitrogens with zero attached hydrogens (tertiary/aromatic N) is 3. The Morgan fingerprint density at radius 2 is 1.33 bits per heavy atom. The molecule has 0 aliphatic carbocycles. The number of Topliss-reactive ketones (excluding diaryl/α,β-unsaturated/α-hetero) is 1. The number of benzene rings is 3. The summed E-state index contributed by atoms with van der Waals surface area (Å²) in [6.07, 6.45) is 1.49. The largest absolute Gasteiger partial charge is 0.329 e. The third kappa shape index (κ3) is 5.42. The maximum absolute atomic E-state index is 13.3. The monoisotopic (exact) mass is 511 g/mol. The molecule has 1 aliphatic rings. The lowest BCUT2D eigenvalue weighted by Crippen LogP contribution is -2.39. The van der Waals surface area contributed by atoms with E-state index in [-0.39, 0.29) is 41.4 Å². The Hall–Kier alpha value is -3.29. The second kappa shape index (κ2) is 11.2. The number of fused-ring (bicyclic) bond motifs is 1. The molecule has 0 atom stereocenters. The lowest BCUT2D eigenvalue weighted by molar-refractivity contribution is 0.0837. The lowest BCUT2D eigenvalue weighted by Gasteiger charge is -2.31. The van der Waals surface area contributed by atoms with E-state index in [0.717, 1.165) is 42.5 Å². The maximum Gasteiger partial charge on any atom is 0.329 e. The van der Waals surface area contributed by atoms with Crippen LogP contribution in [0.2, 0.25) is 0 Å². The van der Waals surface area contributed by atoms with E-state index in [0.29, 0.717) is 25.2 Å². The summed E-state index contributed by atoms with van der Waals surface area (Å²) in [4.78, 5) is 28.4. The minimum absolute atomic E-state index is 0. The van der Waals surface area contributed by atoms with Gasteiger partial charge in [-0.15, -0.1) is 12.4 Å². The average Bonchev–Trinajstić information content (AvgIpc) is 3.15. The Bertz CT molecular complexity index is 1390. The molecule has 0 saturated carbocycles. The number of likely N-dealkylation sites (tertiary alicyclic amines) is 1. The van der Waals surface area contributed by atoms with Crippen LogP contribution in [0.4, 0.5) is 8.78 Å². The number of aromatic nitrogens is 2. The Morgan fingerprint density at radius 1 is 0.778 bits per heavy atom. The van der Waals surface area contributed by atoms with Crippen LogP contribution in [-0.4, -0.2) is 39.5 Å². The summed E-state index contributed by atoms with van der Waals surface area (Å²) in [5.74, 6) is -0.626. The standard InChI is InChI=1S/C28H27F2N3O2.ClH/c29-23-9-5-20(6-10-23)19-33-26-4-2-1-3-25(26)32(28(33)35)18-17-31-15-13-22(14-16-31)27(34)21-7-11-24(30)12-8-21;/h1-12,22H,13-19H2;1H. The molecule has 0 spiro atoms. The second-order valence-electron chi connectivity index (χ2n) is 9.12. The third-order valence-corrected chi connectivity index (χ3v) is 6.91. The Balaban J connectivity index is 0.00000304. The van der Waals surface area contributed by atoms with Crippen molar-refractivity contribution in [2.24, 2.45) is 5.92 Å². The molecule has 1 saturated heterocycles. The number of ketones is 1. The van der Waals surface area contributed by atoms with Gasteiger partial charge in [-0.25, -0.2) is 13.6 Å². The number of rotatable bonds is 7. The number of imidazole rings is 1. The van der Waals surface area contributed by atoms with Crippen LogP contribution in [0.25, 0.3) is 11.0 Å². The highest BCUT2D eigenvalue weighted by molar-refractivity contribution is 5.97. The van der Waals surface area contributed by atoms with Gasteiger partial charge < -0.3 is 4.90 Å². The first kappa shape index (κ1) is 25.8. The number of halogens is 3. The Labute approximate surface area is 214 Å². The van der Waals surface area contributed by atoms with Crippen molar-refractivity contribution in [3.8, 4) is 0 Å². The molecule has 2 heterocycles. The molecule has 3 aromatic carbocycles. The first-order valence-corrected chi connectivity index (χ1v) is 11.9. The molecule has 8 heteroatoms. The molecule has 5 nitrogen and oxygen atoms in total. The zero-order valence-corrected chi connectivity index (χ0v) is 20.6. The van der Waals surface area contributed by atoms with Crippen molar-refractivity contribution in [3.05, 3.63) is 106 Å². The summed E-state index contributed by atoms with van der Waals surface area (Å²) in [5.41, 5.74) is 3.07. The summed E-state index contributed by atoms with van der Waals surface area (Å²) < 4.78 is 30.0. The Morgan fingerprint density at radius 3 is 1.94 bits per heavy atom. The number of para-hydroxylation sites is 2. The van der Waals surface area contributed by atoms with E-state index in [1.807, 2.05) is 24.3 Å². The molecule has 1 fully saturated rings. The Kier molecular flexibility index (Phi) is 8.01. The van der Waals surface area contributed by atoms with E-state index in [9.17, 15) is 18.4 Å². The van der Waals surface area contributed by atoms with E-state index in [4.69, 9.17) is 0 Å². The van der Waals surface area contributed by atoms with Gasteiger partial charge in [-0.3, -0.25) is 13.9 Å². The number of hydrogen-bond donors (Lipinski definition) is 0. The van der Waals surface area contributed by atoms with E-state index in [2.05, 4.69) is 4.90 Å². The number of carbonyl (C=O) groups excluding carboxylic acids is 1. The minimum atomic E-state index is -0.342. The van der Waals surface area contributed by atoms with Crippen molar-refractivity contribution in [1.82, 2.24) is 14.0 Å².